The van der Waals surface area contributed by atoms with Crippen LogP contribution in [0.2, 0.25) is 0 Å². The topological polar surface area (TPSA) is 36.4 Å². The lowest BCUT2D eigenvalue weighted by molar-refractivity contribution is 0.0668. The lowest BCUT2D eigenvalue weighted by atomic mass is 10.1. The molecule has 0 saturated carbocycles. The van der Waals surface area contributed by atoms with E-state index in [4.69, 9.17) is 0 Å². The number of hydrogen-bond donors (Lipinski definition) is 1. The lowest BCUT2D eigenvalue weighted by Gasteiger charge is -2.29. The van der Waals surface area contributed by atoms with E-state index in [0.29, 0.717) is 0 Å². The van der Waals surface area contributed by atoms with Crippen molar-refractivity contribution in [2.75, 3.05) is 13.1 Å². The molecule has 1 aliphatic rings. The Labute approximate surface area is 98.3 Å². The van der Waals surface area contributed by atoms with E-state index in [0.717, 1.165) is 36.9 Å². The Hall–Kier alpha value is -0.450. The van der Waals surface area contributed by atoms with Crippen LogP contribution in [0.1, 0.15) is 18.4 Å². The van der Waals surface area contributed by atoms with Gasteiger partial charge in [0.2, 0.25) is 0 Å². The number of aromatic nitrogens is 1. The van der Waals surface area contributed by atoms with E-state index in [-0.39, 0.29) is 6.10 Å². The van der Waals surface area contributed by atoms with Crippen LogP contribution in [-0.4, -0.2) is 34.2 Å². The van der Waals surface area contributed by atoms with Gasteiger partial charge < -0.3 is 5.11 Å². The van der Waals surface area contributed by atoms with Crippen LogP contribution in [-0.2, 0) is 6.54 Å². The second kappa shape index (κ2) is 5.05. The first-order chi connectivity index (χ1) is 7.24. The number of hydrogen-bond acceptors (Lipinski definition) is 3. The predicted octanol–water partition coefficient (Wildman–Crippen LogP) is 1.80. The smallest absolute Gasteiger partial charge is 0.0667 e. The van der Waals surface area contributed by atoms with Gasteiger partial charge in [-0.1, -0.05) is 0 Å². The summed E-state index contributed by atoms with van der Waals surface area (Å²) in [5.74, 6) is 0. The van der Waals surface area contributed by atoms with Gasteiger partial charge in [-0.2, -0.15) is 0 Å². The largest absolute Gasteiger partial charge is 0.392 e. The lowest BCUT2D eigenvalue weighted by Crippen LogP contribution is -2.37. The molecule has 2 rings (SSSR count). The van der Waals surface area contributed by atoms with Crippen molar-refractivity contribution in [3.63, 3.8) is 0 Å². The third-order valence-electron chi connectivity index (χ3n) is 2.65. The molecule has 82 valence electrons. The van der Waals surface area contributed by atoms with Crippen LogP contribution in [0.5, 0.6) is 0 Å². The summed E-state index contributed by atoms with van der Waals surface area (Å²) in [5, 5.41) is 9.55. The van der Waals surface area contributed by atoms with Crippen LogP contribution < -0.4 is 0 Å². The van der Waals surface area contributed by atoms with E-state index in [9.17, 15) is 5.11 Å². The van der Waals surface area contributed by atoms with Crippen molar-refractivity contribution in [3.05, 3.63) is 28.5 Å². The number of piperidine rings is 1. The van der Waals surface area contributed by atoms with E-state index < -0.39 is 0 Å². The number of halogens is 1. The quantitative estimate of drug-likeness (QED) is 0.891. The average molecular weight is 271 g/mol. The molecular formula is C11H15BrN2O. The normalized spacial score (nSPS) is 22.9. The summed E-state index contributed by atoms with van der Waals surface area (Å²) in [6.07, 6.45) is 5.54. The first-order valence-corrected chi connectivity index (χ1v) is 6.03. The summed E-state index contributed by atoms with van der Waals surface area (Å²) >= 11 is 3.41. The van der Waals surface area contributed by atoms with Crippen molar-refractivity contribution < 1.29 is 5.11 Å². The van der Waals surface area contributed by atoms with Crippen molar-refractivity contribution in [2.45, 2.75) is 25.5 Å². The van der Waals surface area contributed by atoms with Crippen LogP contribution in [0.3, 0.4) is 0 Å². The van der Waals surface area contributed by atoms with E-state index in [2.05, 4.69) is 31.9 Å². The maximum atomic E-state index is 9.55. The maximum Gasteiger partial charge on any atom is 0.0667 e. The highest BCUT2D eigenvalue weighted by atomic mass is 79.9. The third-order valence-corrected chi connectivity index (χ3v) is 3.08. The highest BCUT2D eigenvalue weighted by molar-refractivity contribution is 9.10. The minimum Gasteiger partial charge on any atom is -0.392 e. The van der Waals surface area contributed by atoms with Crippen LogP contribution in [0.25, 0.3) is 0 Å². The van der Waals surface area contributed by atoms with Gasteiger partial charge in [0.15, 0.2) is 0 Å². The van der Waals surface area contributed by atoms with Gasteiger partial charge in [0.05, 0.1) is 6.10 Å². The zero-order chi connectivity index (χ0) is 10.7. The Morgan fingerprint density at radius 1 is 1.53 bits per heavy atom. The second-order valence-corrected chi connectivity index (χ2v) is 4.96. The third kappa shape index (κ3) is 3.26. The minimum atomic E-state index is -0.154. The fourth-order valence-corrected chi connectivity index (χ4v) is 2.39. The SMILES string of the molecule is O[C@H]1CCCN(Cc2cncc(Br)c2)C1. The predicted molar refractivity (Wildman–Crippen MR) is 62.5 cm³/mol. The summed E-state index contributed by atoms with van der Waals surface area (Å²) in [6, 6.07) is 2.08. The van der Waals surface area contributed by atoms with Crippen molar-refractivity contribution in [1.82, 2.24) is 9.88 Å². The molecule has 0 spiro atoms. The summed E-state index contributed by atoms with van der Waals surface area (Å²) in [6.45, 7) is 2.74. The number of β-amino-alcohol motifs (C(OH)–C–C–N with tert-alkyl or cyclic N) is 1. The Balaban J connectivity index is 1.96. The van der Waals surface area contributed by atoms with Crippen molar-refractivity contribution in [2.24, 2.45) is 0 Å². The minimum absolute atomic E-state index is 0.154. The van der Waals surface area contributed by atoms with E-state index in [1.165, 1.54) is 5.56 Å². The maximum absolute atomic E-state index is 9.55. The van der Waals surface area contributed by atoms with Crippen molar-refractivity contribution >= 4 is 15.9 Å². The molecule has 0 unspecified atom stereocenters. The van der Waals surface area contributed by atoms with Crippen LogP contribution >= 0.6 is 15.9 Å². The van der Waals surface area contributed by atoms with E-state index in [1.54, 1.807) is 6.20 Å². The highest BCUT2D eigenvalue weighted by Gasteiger charge is 2.17. The molecular weight excluding hydrogens is 256 g/mol. The fourth-order valence-electron chi connectivity index (χ4n) is 1.98. The number of rotatable bonds is 2. The molecule has 1 aliphatic heterocycles. The van der Waals surface area contributed by atoms with Crippen LogP contribution in [0.15, 0.2) is 22.9 Å². The van der Waals surface area contributed by atoms with Gasteiger partial charge in [-0.15, -0.1) is 0 Å². The summed E-state index contributed by atoms with van der Waals surface area (Å²) in [4.78, 5) is 6.41. The first-order valence-electron chi connectivity index (χ1n) is 5.24. The molecule has 2 heterocycles. The first kappa shape index (κ1) is 11.0. The van der Waals surface area contributed by atoms with Crippen molar-refractivity contribution in [1.29, 1.82) is 0 Å². The van der Waals surface area contributed by atoms with Gasteiger partial charge >= 0.3 is 0 Å². The van der Waals surface area contributed by atoms with Crippen molar-refractivity contribution in [3.8, 4) is 0 Å². The Kier molecular flexibility index (Phi) is 3.72. The molecule has 1 N–H and O–H groups in total. The highest BCUT2D eigenvalue weighted by Crippen LogP contribution is 2.15. The van der Waals surface area contributed by atoms with Crippen LogP contribution in [0.4, 0.5) is 0 Å². The molecule has 1 saturated heterocycles. The van der Waals surface area contributed by atoms with Crippen LogP contribution in [0, 0.1) is 0 Å². The van der Waals surface area contributed by atoms with Gasteiger partial charge in [-0.3, -0.25) is 9.88 Å². The molecule has 3 nitrogen and oxygen atoms in total. The molecule has 1 atom stereocenters. The Morgan fingerprint density at radius 2 is 2.40 bits per heavy atom. The Morgan fingerprint density at radius 3 is 3.13 bits per heavy atom. The molecule has 4 heteroatoms. The number of nitrogens with zero attached hydrogens (tertiary/aromatic N) is 2. The van der Waals surface area contributed by atoms with E-state index in [1.807, 2.05) is 6.20 Å². The second-order valence-electron chi connectivity index (χ2n) is 4.04. The molecule has 1 aromatic heterocycles. The molecule has 0 bridgehead atoms. The number of likely N-dealkylation sites (tertiary alicyclic amines) is 1. The zero-order valence-corrected chi connectivity index (χ0v) is 10.2. The average Bonchev–Trinajstić information content (AvgIpc) is 2.17. The molecule has 0 aliphatic carbocycles. The van der Waals surface area contributed by atoms with E-state index >= 15 is 0 Å². The zero-order valence-electron chi connectivity index (χ0n) is 8.56. The van der Waals surface area contributed by atoms with Gasteiger partial charge in [-0.05, 0) is 46.9 Å². The monoisotopic (exact) mass is 270 g/mol. The van der Waals surface area contributed by atoms with Gasteiger partial charge in [-0.25, -0.2) is 0 Å². The Bertz CT molecular complexity index is 332. The number of pyridine rings is 1. The molecule has 0 amide bonds. The fraction of sp³-hybridized carbons (Fsp3) is 0.545. The molecule has 0 aromatic carbocycles. The summed E-state index contributed by atoms with van der Waals surface area (Å²) in [7, 11) is 0. The summed E-state index contributed by atoms with van der Waals surface area (Å²) < 4.78 is 1.01. The number of aliphatic hydroxyl groups is 1. The van der Waals surface area contributed by atoms with Gasteiger partial charge in [0.25, 0.3) is 0 Å². The molecule has 1 fully saturated rings. The molecule has 1 aromatic rings. The standard InChI is InChI=1S/C11H15BrN2O/c12-10-4-9(5-13-6-10)7-14-3-1-2-11(15)8-14/h4-6,11,15H,1-3,7-8H2/t11-/m0/s1. The molecule has 0 radical (unpaired) electrons. The molecule has 15 heavy (non-hydrogen) atoms. The van der Waals surface area contributed by atoms with Gasteiger partial charge in [0, 0.05) is 30.0 Å². The number of aliphatic hydroxyl groups excluding tert-OH is 1. The van der Waals surface area contributed by atoms with Gasteiger partial charge in [0.1, 0.15) is 0 Å². The summed E-state index contributed by atoms with van der Waals surface area (Å²) in [5.41, 5.74) is 1.19.